The predicted octanol–water partition coefficient (Wildman–Crippen LogP) is 2.29. The van der Waals surface area contributed by atoms with Crippen molar-refractivity contribution in [1.82, 2.24) is 0 Å². The van der Waals surface area contributed by atoms with Gasteiger partial charge < -0.3 is 10.8 Å². The van der Waals surface area contributed by atoms with Crippen LogP contribution in [0.5, 0.6) is 0 Å². The van der Waals surface area contributed by atoms with Crippen LogP contribution >= 0.6 is 11.8 Å². The van der Waals surface area contributed by atoms with Crippen molar-refractivity contribution < 1.29 is 5.11 Å². The summed E-state index contributed by atoms with van der Waals surface area (Å²) in [6, 6.07) is 8.29. The standard InChI is InChI=1S/C13H19NOS/c14-9-13(15)12-3-1-2-11(8-12)10-4-6-16-7-5-10/h1-3,8,10,13,15H,4-7,9,14H2. The van der Waals surface area contributed by atoms with Crippen LogP contribution in [0, 0.1) is 0 Å². The predicted molar refractivity (Wildman–Crippen MR) is 69.8 cm³/mol. The van der Waals surface area contributed by atoms with Crippen LogP contribution in [-0.4, -0.2) is 23.2 Å². The SMILES string of the molecule is NCC(O)c1cccc(C2CCSCC2)c1. The van der Waals surface area contributed by atoms with Crippen LogP contribution in [0.15, 0.2) is 24.3 Å². The van der Waals surface area contributed by atoms with Gasteiger partial charge in [-0.05, 0) is 41.4 Å². The van der Waals surface area contributed by atoms with Crippen molar-refractivity contribution in [2.45, 2.75) is 24.9 Å². The van der Waals surface area contributed by atoms with Gasteiger partial charge in [-0.25, -0.2) is 0 Å². The van der Waals surface area contributed by atoms with Gasteiger partial charge in [0.2, 0.25) is 0 Å². The second kappa shape index (κ2) is 5.71. The molecular weight excluding hydrogens is 218 g/mol. The molecule has 0 saturated carbocycles. The third kappa shape index (κ3) is 2.78. The molecule has 1 atom stereocenters. The Hall–Kier alpha value is -0.510. The lowest BCUT2D eigenvalue weighted by atomic mass is 9.91. The van der Waals surface area contributed by atoms with Crippen molar-refractivity contribution in [3.8, 4) is 0 Å². The fraction of sp³-hybridized carbons (Fsp3) is 0.538. The first-order valence-corrected chi connectivity index (χ1v) is 7.02. The Morgan fingerprint density at radius 1 is 1.38 bits per heavy atom. The van der Waals surface area contributed by atoms with E-state index >= 15 is 0 Å². The number of rotatable bonds is 3. The maximum atomic E-state index is 9.72. The molecule has 16 heavy (non-hydrogen) atoms. The van der Waals surface area contributed by atoms with E-state index in [-0.39, 0.29) is 0 Å². The van der Waals surface area contributed by atoms with Gasteiger partial charge in [0.05, 0.1) is 6.10 Å². The average Bonchev–Trinajstić information content (AvgIpc) is 2.39. The molecule has 1 aliphatic rings. The fourth-order valence-corrected chi connectivity index (χ4v) is 3.29. The van der Waals surface area contributed by atoms with E-state index in [1.807, 2.05) is 23.9 Å². The average molecular weight is 237 g/mol. The van der Waals surface area contributed by atoms with E-state index < -0.39 is 6.10 Å². The highest BCUT2D eigenvalue weighted by Crippen LogP contribution is 2.32. The number of aliphatic hydroxyl groups excluding tert-OH is 1. The zero-order valence-corrected chi connectivity index (χ0v) is 10.2. The smallest absolute Gasteiger partial charge is 0.0912 e. The van der Waals surface area contributed by atoms with Crippen molar-refractivity contribution in [3.05, 3.63) is 35.4 Å². The zero-order valence-electron chi connectivity index (χ0n) is 9.43. The zero-order chi connectivity index (χ0) is 11.4. The molecule has 0 spiro atoms. The van der Waals surface area contributed by atoms with Gasteiger partial charge >= 0.3 is 0 Å². The Morgan fingerprint density at radius 2 is 2.12 bits per heavy atom. The molecule has 1 saturated heterocycles. The largest absolute Gasteiger partial charge is 0.387 e. The fourth-order valence-electron chi connectivity index (χ4n) is 2.19. The maximum Gasteiger partial charge on any atom is 0.0912 e. The van der Waals surface area contributed by atoms with Crippen LogP contribution in [0.1, 0.15) is 36.0 Å². The molecule has 1 aromatic carbocycles. The van der Waals surface area contributed by atoms with E-state index in [9.17, 15) is 5.11 Å². The minimum Gasteiger partial charge on any atom is -0.387 e. The van der Waals surface area contributed by atoms with Crippen molar-refractivity contribution in [2.75, 3.05) is 18.1 Å². The molecule has 1 fully saturated rings. The summed E-state index contributed by atoms with van der Waals surface area (Å²) in [4.78, 5) is 0. The van der Waals surface area contributed by atoms with Crippen molar-refractivity contribution >= 4 is 11.8 Å². The molecule has 3 heteroatoms. The minimum atomic E-state index is -0.516. The number of thioether (sulfide) groups is 1. The minimum absolute atomic E-state index is 0.296. The first kappa shape index (κ1) is 12.0. The highest BCUT2D eigenvalue weighted by atomic mass is 32.2. The van der Waals surface area contributed by atoms with Crippen LogP contribution in [0.4, 0.5) is 0 Å². The monoisotopic (exact) mass is 237 g/mol. The molecule has 0 bridgehead atoms. The highest BCUT2D eigenvalue weighted by Gasteiger charge is 2.16. The van der Waals surface area contributed by atoms with Crippen LogP contribution in [-0.2, 0) is 0 Å². The van der Waals surface area contributed by atoms with Gasteiger partial charge in [0.25, 0.3) is 0 Å². The van der Waals surface area contributed by atoms with Gasteiger partial charge in [-0.15, -0.1) is 0 Å². The Kier molecular flexibility index (Phi) is 4.27. The van der Waals surface area contributed by atoms with E-state index in [1.165, 1.54) is 29.9 Å². The molecule has 1 heterocycles. The van der Waals surface area contributed by atoms with E-state index in [0.717, 1.165) is 5.56 Å². The molecule has 2 rings (SSSR count). The van der Waals surface area contributed by atoms with E-state index in [2.05, 4.69) is 12.1 Å². The quantitative estimate of drug-likeness (QED) is 0.848. The molecule has 1 aromatic rings. The van der Waals surface area contributed by atoms with Crippen LogP contribution in [0.3, 0.4) is 0 Å². The first-order valence-electron chi connectivity index (χ1n) is 5.87. The Bertz CT molecular complexity index is 336. The molecule has 1 aliphatic heterocycles. The first-order chi connectivity index (χ1) is 7.81. The summed E-state index contributed by atoms with van der Waals surface area (Å²) in [5, 5.41) is 9.72. The molecule has 0 aliphatic carbocycles. The molecule has 3 N–H and O–H groups in total. The maximum absolute atomic E-state index is 9.72. The van der Waals surface area contributed by atoms with E-state index in [4.69, 9.17) is 5.73 Å². The van der Waals surface area contributed by atoms with Gasteiger partial charge in [0.15, 0.2) is 0 Å². The summed E-state index contributed by atoms with van der Waals surface area (Å²) >= 11 is 2.04. The summed E-state index contributed by atoms with van der Waals surface area (Å²) in [7, 11) is 0. The molecule has 2 nitrogen and oxygen atoms in total. The second-order valence-corrected chi connectivity index (χ2v) is 5.53. The Morgan fingerprint density at radius 3 is 2.81 bits per heavy atom. The van der Waals surface area contributed by atoms with Crippen LogP contribution in [0.25, 0.3) is 0 Å². The summed E-state index contributed by atoms with van der Waals surface area (Å²) < 4.78 is 0. The second-order valence-electron chi connectivity index (χ2n) is 4.31. The van der Waals surface area contributed by atoms with Gasteiger partial charge in [0, 0.05) is 6.54 Å². The summed E-state index contributed by atoms with van der Waals surface area (Å²) in [5.74, 6) is 3.19. The lowest BCUT2D eigenvalue weighted by Gasteiger charge is -2.22. The highest BCUT2D eigenvalue weighted by molar-refractivity contribution is 7.99. The van der Waals surface area contributed by atoms with E-state index in [0.29, 0.717) is 12.5 Å². The molecular formula is C13H19NOS. The van der Waals surface area contributed by atoms with E-state index in [1.54, 1.807) is 0 Å². The molecule has 0 amide bonds. The lowest BCUT2D eigenvalue weighted by Crippen LogP contribution is -2.13. The number of aliphatic hydroxyl groups is 1. The van der Waals surface area contributed by atoms with Crippen molar-refractivity contribution in [3.63, 3.8) is 0 Å². The topological polar surface area (TPSA) is 46.2 Å². The number of hydrogen-bond acceptors (Lipinski definition) is 3. The molecule has 1 unspecified atom stereocenters. The molecule has 0 aromatic heterocycles. The summed E-state index contributed by atoms with van der Waals surface area (Å²) in [6.45, 7) is 0.296. The number of hydrogen-bond donors (Lipinski definition) is 2. The van der Waals surface area contributed by atoms with Gasteiger partial charge in [-0.3, -0.25) is 0 Å². The third-order valence-corrected chi connectivity index (χ3v) is 4.26. The molecule has 0 radical (unpaired) electrons. The number of nitrogens with two attached hydrogens (primary N) is 1. The third-order valence-electron chi connectivity index (χ3n) is 3.21. The summed E-state index contributed by atoms with van der Waals surface area (Å²) in [6.07, 6.45) is 2.00. The van der Waals surface area contributed by atoms with Gasteiger partial charge in [0.1, 0.15) is 0 Å². The molecule has 88 valence electrons. The Labute approximate surface area is 101 Å². The summed E-state index contributed by atoms with van der Waals surface area (Å²) in [5.41, 5.74) is 7.80. The normalized spacial score (nSPS) is 19.6. The van der Waals surface area contributed by atoms with Crippen LogP contribution in [0.2, 0.25) is 0 Å². The van der Waals surface area contributed by atoms with Crippen LogP contribution < -0.4 is 5.73 Å². The van der Waals surface area contributed by atoms with Crippen molar-refractivity contribution in [1.29, 1.82) is 0 Å². The van der Waals surface area contributed by atoms with Gasteiger partial charge in [-0.2, -0.15) is 11.8 Å². The van der Waals surface area contributed by atoms with Crippen molar-refractivity contribution in [2.24, 2.45) is 5.73 Å². The Balaban J connectivity index is 2.14. The lowest BCUT2D eigenvalue weighted by molar-refractivity contribution is 0.186. The van der Waals surface area contributed by atoms with Gasteiger partial charge in [-0.1, -0.05) is 24.3 Å². The number of benzene rings is 1.